The van der Waals surface area contributed by atoms with Crippen molar-refractivity contribution in [2.45, 2.75) is 33.4 Å². The number of rotatable bonds is 6. The Morgan fingerprint density at radius 1 is 1.33 bits per heavy atom. The molecule has 1 aromatic heterocycles. The Morgan fingerprint density at radius 2 is 2.00 bits per heavy atom. The average Bonchev–Trinajstić information content (AvgIpc) is 2.29. The molecule has 0 amide bonds. The molecule has 0 saturated heterocycles. The Morgan fingerprint density at radius 3 is 2.44 bits per heavy atom. The fourth-order valence-electron chi connectivity index (χ4n) is 2.23. The van der Waals surface area contributed by atoms with Gasteiger partial charge in [0.1, 0.15) is 5.82 Å². The summed E-state index contributed by atoms with van der Waals surface area (Å²) in [5, 5.41) is 9.17. The summed E-state index contributed by atoms with van der Waals surface area (Å²) in [6, 6.07) is 4.37. The number of pyridine rings is 1. The minimum absolute atomic E-state index is 0.0541. The fraction of sp³-hybridized carbons (Fsp3) is 0.643. The van der Waals surface area contributed by atoms with Crippen molar-refractivity contribution in [3.8, 4) is 0 Å². The molecule has 0 saturated carbocycles. The number of hydrogen-bond acceptors (Lipinski definition) is 4. The first-order chi connectivity index (χ1) is 8.49. The predicted molar refractivity (Wildman–Crippen MR) is 75.9 cm³/mol. The molecular weight excluding hydrogens is 226 g/mol. The summed E-state index contributed by atoms with van der Waals surface area (Å²) in [6.07, 6.45) is 0. The van der Waals surface area contributed by atoms with Crippen molar-refractivity contribution >= 4 is 5.82 Å². The molecule has 1 heterocycles. The van der Waals surface area contributed by atoms with Crippen molar-refractivity contribution in [1.82, 2.24) is 9.88 Å². The van der Waals surface area contributed by atoms with Gasteiger partial charge in [-0.3, -0.25) is 0 Å². The number of nitrogens with zero attached hydrogens (tertiary/aromatic N) is 3. The zero-order valence-corrected chi connectivity index (χ0v) is 12.1. The van der Waals surface area contributed by atoms with Gasteiger partial charge in [-0.05, 0) is 46.5 Å². The molecule has 1 N–H and O–H groups in total. The highest BCUT2D eigenvalue weighted by atomic mass is 16.3. The summed E-state index contributed by atoms with van der Waals surface area (Å²) < 4.78 is 0. The van der Waals surface area contributed by atoms with E-state index in [2.05, 4.69) is 42.7 Å². The zero-order chi connectivity index (χ0) is 13.7. The van der Waals surface area contributed by atoms with Crippen LogP contribution >= 0.6 is 0 Å². The molecule has 0 aliphatic heterocycles. The third-order valence-corrected chi connectivity index (χ3v) is 3.15. The Kier molecular flexibility index (Phi) is 5.56. The molecule has 1 rings (SSSR count). The number of aliphatic hydroxyl groups excluding tert-OH is 1. The van der Waals surface area contributed by atoms with Crippen LogP contribution in [0, 0.1) is 6.92 Å². The van der Waals surface area contributed by atoms with E-state index >= 15 is 0 Å². The quantitative estimate of drug-likeness (QED) is 0.834. The van der Waals surface area contributed by atoms with Gasteiger partial charge >= 0.3 is 0 Å². The third kappa shape index (κ3) is 3.68. The van der Waals surface area contributed by atoms with Gasteiger partial charge in [0.15, 0.2) is 0 Å². The van der Waals surface area contributed by atoms with Crippen molar-refractivity contribution in [3.63, 3.8) is 0 Å². The molecule has 1 atom stereocenters. The highest BCUT2D eigenvalue weighted by molar-refractivity contribution is 5.42. The molecule has 102 valence electrons. The molecule has 4 heteroatoms. The molecule has 0 aliphatic rings. The monoisotopic (exact) mass is 251 g/mol. The summed E-state index contributed by atoms with van der Waals surface area (Å²) >= 11 is 0. The molecule has 1 aromatic rings. The van der Waals surface area contributed by atoms with Gasteiger partial charge in [0, 0.05) is 24.8 Å². The molecule has 0 bridgehead atoms. The van der Waals surface area contributed by atoms with Gasteiger partial charge in [0.05, 0.1) is 6.61 Å². The fourth-order valence-corrected chi connectivity index (χ4v) is 2.23. The van der Waals surface area contributed by atoms with Crippen LogP contribution in [0.1, 0.15) is 25.1 Å². The van der Waals surface area contributed by atoms with Gasteiger partial charge in [-0.25, -0.2) is 4.98 Å². The van der Waals surface area contributed by atoms with E-state index in [1.807, 2.05) is 19.1 Å². The lowest BCUT2D eigenvalue weighted by atomic mass is 10.2. The standard InChI is InChI=1S/C14H25N3O/c1-6-17(11(2)9-16(4)5)14-8-7-13(10-18)12(3)15-14/h7-8,11,18H,6,9-10H2,1-5H3. The summed E-state index contributed by atoms with van der Waals surface area (Å²) in [4.78, 5) is 9.06. The number of aryl methyl sites for hydroxylation is 1. The summed E-state index contributed by atoms with van der Waals surface area (Å²) in [5.74, 6) is 0.988. The molecule has 0 fully saturated rings. The first-order valence-corrected chi connectivity index (χ1v) is 6.48. The highest BCUT2D eigenvalue weighted by Gasteiger charge is 2.15. The zero-order valence-electron chi connectivity index (χ0n) is 12.1. The van der Waals surface area contributed by atoms with E-state index in [0.717, 1.165) is 30.2 Å². The van der Waals surface area contributed by atoms with Crippen LogP contribution in [0.15, 0.2) is 12.1 Å². The van der Waals surface area contributed by atoms with Gasteiger partial charge in [-0.1, -0.05) is 6.07 Å². The lowest BCUT2D eigenvalue weighted by Crippen LogP contribution is -2.40. The maximum atomic E-state index is 9.17. The van der Waals surface area contributed by atoms with Crippen molar-refractivity contribution in [2.24, 2.45) is 0 Å². The number of anilines is 1. The number of hydrogen-bond donors (Lipinski definition) is 1. The maximum absolute atomic E-state index is 9.17. The minimum Gasteiger partial charge on any atom is -0.392 e. The van der Waals surface area contributed by atoms with Gasteiger partial charge in [-0.2, -0.15) is 0 Å². The number of aliphatic hydroxyl groups is 1. The van der Waals surface area contributed by atoms with Crippen LogP contribution in [-0.4, -0.2) is 48.2 Å². The van der Waals surface area contributed by atoms with Crippen molar-refractivity contribution in [2.75, 3.05) is 32.1 Å². The first kappa shape index (κ1) is 14.9. The van der Waals surface area contributed by atoms with Gasteiger partial charge < -0.3 is 14.9 Å². The molecule has 0 aliphatic carbocycles. The van der Waals surface area contributed by atoms with Crippen LogP contribution in [0.25, 0.3) is 0 Å². The second-order valence-corrected chi connectivity index (χ2v) is 4.97. The van der Waals surface area contributed by atoms with Crippen molar-refractivity contribution < 1.29 is 5.11 Å². The van der Waals surface area contributed by atoms with Crippen LogP contribution in [0.3, 0.4) is 0 Å². The topological polar surface area (TPSA) is 39.6 Å². The Labute approximate surface area is 110 Å². The lowest BCUT2D eigenvalue weighted by molar-refractivity contribution is 0.280. The Balaban J connectivity index is 2.91. The van der Waals surface area contributed by atoms with Crippen LogP contribution < -0.4 is 4.90 Å². The van der Waals surface area contributed by atoms with Crippen LogP contribution in [0.2, 0.25) is 0 Å². The van der Waals surface area contributed by atoms with E-state index in [0.29, 0.717) is 6.04 Å². The van der Waals surface area contributed by atoms with Crippen molar-refractivity contribution in [1.29, 1.82) is 0 Å². The van der Waals surface area contributed by atoms with Crippen LogP contribution in [0.4, 0.5) is 5.82 Å². The predicted octanol–water partition coefficient (Wildman–Crippen LogP) is 1.66. The van der Waals surface area contributed by atoms with Crippen LogP contribution in [-0.2, 0) is 6.61 Å². The summed E-state index contributed by atoms with van der Waals surface area (Å²) in [5.41, 5.74) is 1.81. The molecule has 18 heavy (non-hydrogen) atoms. The smallest absolute Gasteiger partial charge is 0.129 e. The highest BCUT2D eigenvalue weighted by Crippen LogP contribution is 2.17. The molecule has 0 aromatic carbocycles. The van der Waals surface area contributed by atoms with Crippen molar-refractivity contribution in [3.05, 3.63) is 23.4 Å². The van der Waals surface area contributed by atoms with Gasteiger partial charge in [0.25, 0.3) is 0 Å². The Hall–Kier alpha value is -1.13. The van der Waals surface area contributed by atoms with E-state index in [-0.39, 0.29) is 6.61 Å². The summed E-state index contributed by atoms with van der Waals surface area (Å²) in [6.45, 7) is 8.28. The SMILES string of the molecule is CCN(c1ccc(CO)c(C)n1)C(C)CN(C)C. The molecule has 0 radical (unpaired) electrons. The second kappa shape index (κ2) is 6.71. The molecular formula is C14H25N3O. The molecule has 4 nitrogen and oxygen atoms in total. The van der Waals surface area contributed by atoms with Gasteiger partial charge in [-0.15, -0.1) is 0 Å². The van der Waals surface area contributed by atoms with Gasteiger partial charge in [0.2, 0.25) is 0 Å². The number of likely N-dealkylation sites (N-methyl/N-ethyl adjacent to an activating group) is 2. The van der Waals surface area contributed by atoms with E-state index < -0.39 is 0 Å². The second-order valence-electron chi connectivity index (χ2n) is 4.97. The van der Waals surface area contributed by atoms with E-state index in [1.54, 1.807) is 0 Å². The third-order valence-electron chi connectivity index (χ3n) is 3.15. The maximum Gasteiger partial charge on any atom is 0.129 e. The first-order valence-electron chi connectivity index (χ1n) is 6.48. The normalized spacial score (nSPS) is 12.8. The average molecular weight is 251 g/mol. The Bertz CT molecular complexity index is 379. The van der Waals surface area contributed by atoms with E-state index in [4.69, 9.17) is 0 Å². The van der Waals surface area contributed by atoms with E-state index in [9.17, 15) is 5.11 Å². The molecule has 1 unspecified atom stereocenters. The summed E-state index contributed by atoms with van der Waals surface area (Å²) in [7, 11) is 4.16. The lowest BCUT2D eigenvalue weighted by Gasteiger charge is -2.31. The largest absolute Gasteiger partial charge is 0.392 e. The molecule has 0 spiro atoms. The van der Waals surface area contributed by atoms with E-state index in [1.165, 1.54) is 0 Å². The number of aromatic nitrogens is 1. The minimum atomic E-state index is 0.0541. The van der Waals surface area contributed by atoms with Crippen LogP contribution in [0.5, 0.6) is 0 Å².